The maximum absolute atomic E-state index is 12.1. The lowest BCUT2D eigenvalue weighted by atomic mass is 9.97. The zero-order chi connectivity index (χ0) is 23.5. The fraction of sp³-hybridized carbons (Fsp3) is 0.320. The SMILES string of the molecule is COc1cc(Nc2ncc(C(N)=O)c(-c3c(C)cccc3C)n2)ccc1N1CCN(C)CC1. The number of nitrogens with zero attached hydrogens (tertiary/aromatic N) is 4. The summed E-state index contributed by atoms with van der Waals surface area (Å²) in [7, 11) is 3.81. The summed E-state index contributed by atoms with van der Waals surface area (Å²) in [5.74, 6) is 0.609. The molecule has 1 fully saturated rings. The van der Waals surface area contributed by atoms with Crippen molar-refractivity contribution in [2.24, 2.45) is 5.73 Å². The number of hydrogen-bond acceptors (Lipinski definition) is 7. The van der Waals surface area contributed by atoms with E-state index in [9.17, 15) is 4.79 Å². The van der Waals surface area contributed by atoms with Crippen molar-refractivity contribution in [2.75, 3.05) is 50.6 Å². The minimum atomic E-state index is -0.558. The minimum Gasteiger partial charge on any atom is -0.495 e. The van der Waals surface area contributed by atoms with Gasteiger partial charge in [0.2, 0.25) is 5.95 Å². The van der Waals surface area contributed by atoms with Gasteiger partial charge in [-0.15, -0.1) is 0 Å². The molecule has 0 radical (unpaired) electrons. The Morgan fingerprint density at radius 3 is 2.42 bits per heavy atom. The molecule has 0 atom stereocenters. The van der Waals surface area contributed by atoms with Gasteiger partial charge in [0.25, 0.3) is 5.91 Å². The van der Waals surface area contributed by atoms with Crippen LogP contribution in [0.2, 0.25) is 0 Å². The molecule has 1 aliphatic rings. The Hall–Kier alpha value is -3.65. The predicted molar refractivity (Wildman–Crippen MR) is 131 cm³/mol. The van der Waals surface area contributed by atoms with Gasteiger partial charge in [-0.25, -0.2) is 9.97 Å². The zero-order valence-corrected chi connectivity index (χ0v) is 19.6. The number of ether oxygens (including phenoxy) is 1. The van der Waals surface area contributed by atoms with E-state index in [-0.39, 0.29) is 0 Å². The van der Waals surface area contributed by atoms with Crippen molar-refractivity contribution in [3.8, 4) is 17.0 Å². The number of nitrogens with one attached hydrogen (secondary N) is 1. The molecule has 8 heteroatoms. The first-order valence-electron chi connectivity index (χ1n) is 11.0. The fourth-order valence-electron chi connectivity index (χ4n) is 4.19. The van der Waals surface area contributed by atoms with E-state index in [4.69, 9.17) is 10.5 Å². The fourth-order valence-corrected chi connectivity index (χ4v) is 4.19. The van der Waals surface area contributed by atoms with E-state index < -0.39 is 5.91 Å². The molecule has 2 aromatic carbocycles. The van der Waals surface area contributed by atoms with Gasteiger partial charge in [-0.2, -0.15) is 0 Å². The monoisotopic (exact) mass is 446 g/mol. The molecule has 1 aromatic heterocycles. The van der Waals surface area contributed by atoms with E-state index in [1.54, 1.807) is 7.11 Å². The number of nitrogens with two attached hydrogens (primary N) is 1. The highest BCUT2D eigenvalue weighted by Crippen LogP contribution is 2.33. The van der Waals surface area contributed by atoms with Crippen molar-refractivity contribution in [2.45, 2.75) is 13.8 Å². The Bertz CT molecular complexity index is 1150. The Morgan fingerprint density at radius 1 is 1.09 bits per heavy atom. The summed E-state index contributed by atoms with van der Waals surface area (Å²) in [5.41, 5.74) is 11.2. The number of methoxy groups -OCH3 is 1. The Balaban J connectivity index is 1.66. The van der Waals surface area contributed by atoms with Gasteiger partial charge in [-0.05, 0) is 44.2 Å². The molecule has 172 valence electrons. The Kier molecular flexibility index (Phi) is 6.46. The van der Waals surface area contributed by atoms with Gasteiger partial charge in [0.15, 0.2) is 0 Å². The highest BCUT2D eigenvalue weighted by Gasteiger charge is 2.20. The smallest absolute Gasteiger partial charge is 0.252 e. The van der Waals surface area contributed by atoms with Crippen LogP contribution in [0.5, 0.6) is 5.75 Å². The van der Waals surface area contributed by atoms with Gasteiger partial charge < -0.3 is 25.6 Å². The molecule has 4 rings (SSSR count). The van der Waals surface area contributed by atoms with Crippen LogP contribution >= 0.6 is 0 Å². The maximum atomic E-state index is 12.1. The molecular weight excluding hydrogens is 416 g/mol. The van der Waals surface area contributed by atoms with Crippen LogP contribution in [0.4, 0.5) is 17.3 Å². The number of likely N-dealkylation sites (N-methyl/N-ethyl adjacent to an activating group) is 1. The van der Waals surface area contributed by atoms with E-state index >= 15 is 0 Å². The number of aryl methyl sites for hydroxylation is 2. The Morgan fingerprint density at radius 2 is 1.79 bits per heavy atom. The number of aromatic nitrogens is 2. The van der Waals surface area contributed by atoms with Gasteiger partial charge in [0.05, 0.1) is 24.1 Å². The highest BCUT2D eigenvalue weighted by molar-refractivity contribution is 5.99. The molecule has 1 saturated heterocycles. The summed E-state index contributed by atoms with van der Waals surface area (Å²) in [6.07, 6.45) is 1.48. The average molecular weight is 447 g/mol. The van der Waals surface area contributed by atoms with Crippen LogP contribution in [0, 0.1) is 13.8 Å². The molecule has 0 unspecified atom stereocenters. The third-order valence-electron chi connectivity index (χ3n) is 6.05. The van der Waals surface area contributed by atoms with Crippen molar-refractivity contribution in [1.82, 2.24) is 14.9 Å². The van der Waals surface area contributed by atoms with Crippen LogP contribution in [-0.4, -0.2) is 61.1 Å². The van der Waals surface area contributed by atoms with Gasteiger partial charge in [0.1, 0.15) is 5.75 Å². The quantitative estimate of drug-likeness (QED) is 0.599. The standard InChI is InChI=1S/C25H30N6O2/c1-16-6-5-7-17(2)22(16)23-19(24(26)32)15-27-25(29-23)28-18-8-9-20(21(14-18)33-4)31-12-10-30(3)11-13-31/h5-9,14-15H,10-13H2,1-4H3,(H2,26,32)(H,27,28,29). The molecule has 8 nitrogen and oxygen atoms in total. The minimum absolute atomic E-state index is 0.293. The first-order valence-corrected chi connectivity index (χ1v) is 11.0. The molecule has 0 aliphatic carbocycles. The van der Waals surface area contributed by atoms with Crippen LogP contribution in [0.1, 0.15) is 21.5 Å². The van der Waals surface area contributed by atoms with Crippen LogP contribution in [-0.2, 0) is 0 Å². The third-order valence-corrected chi connectivity index (χ3v) is 6.05. The normalized spacial score (nSPS) is 14.2. The number of anilines is 3. The number of piperazine rings is 1. The third kappa shape index (κ3) is 4.75. The molecule has 0 spiro atoms. The summed E-state index contributed by atoms with van der Waals surface area (Å²) in [5, 5.41) is 3.25. The molecule has 1 amide bonds. The lowest BCUT2D eigenvalue weighted by Crippen LogP contribution is -2.44. The largest absolute Gasteiger partial charge is 0.495 e. The number of carbonyl (C=O) groups is 1. The molecule has 2 heterocycles. The number of primary amides is 1. The number of hydrogen-bond donors (Lipinski definition) is 2. The van der Waals surface area contributed by atoms with Crippen molar-refractivity contribution in [1.29, 1.82) is 0 Å². The first-order chi connectivity index (χ1) is 15.9. The van der Waals surface area contributed by atoms with E-state index in [0.717, 1.165) is 60.0 Å². The van der Waals surface area contributed by atoms with E-state index in [0.29, 0.717) is 17.2 Å². The molecule has 3 aromatic rings. The van der Waals surface area contributed by atoms with Crippen molar-refractivity contribution in [3.05, 3.63) is 59.3 Å². The van der Waals surface area contributed by atoms with Gasteiger partial charge in [-0.3, -0.25) is 4.79 Å². The molecule has 0 bridgehead atoms. The second-order valence-corrected chi connectivity index (χ2v) is 8.39. The number of amides is 1. The number of benzene rings is 2. The summed E-state index contributed by atoms with van der Waals surface area (Å²) < 4.78 is 5.68. The summed E-state index contributed by atoms with van der Waals surface area (Å²) in [4.78, 5) is 25.7. The second kappa shape index (κ2) is 9.46. The van der Waals surface area contributed by atoms with Crippen LogP contribution in [0.3, 0.4) is 0 Å². The van der Waals surface area contributed by atoms with Crippen molar-refractivity contribution < 1.29 is 9.53 Å². The lowest BCUT2D eigenvalue weighted by Gasteiger charge is -2.34. The topological polar surface area (TPSA) is 96.6 Å². The van der Waals surface area contributed by atoms with Crippen LogP contribution in [0.15, 0.2) is 42.6 Å². The van der Waals surface area contributed by atoms with Crippen molar-refractivity contribution in [3.63, 3.8) is 0 Å². The molecule has 0 saturated carbocycles. The number of rotatable bonds is 6. The van der Waals surface area contributed by atoms with Gasteiger partial charge in [-0.1, -0.05) is 18.2 Å². The van der Waals surface area contributed by atoms with Crippen molar-refractivity contribution >= 4 is 23.2 Å². The van der Waals surface area contributed by atoms with Gasteiger partial charge in [0, 0.05) is 49.7 Å². The number of carbonyl (C=O) groups excluding carboxylic acids is 1. The second-order valence-electron chi connectivity index (χ2n) is 8.39. The van der Waals surface area contributed by atoms with E-state index in [1.165, 1.54) is 6.20 Å². The molecular formula is C25H30N6O2. The lowest BCUT2D eigenvalue weighted by molar-refractivity contribution is 0.100. The predicted octanol–water partition coefficient (Wildman–Crippen LogP) is 3.36. The maximum Gasteiger partial charge on any atom is 0.252 e. The van der Waals surface area contributed by atoms with Gasteiger partial charge >= 0.3 is 0 Å². The molecule has 3 N–H and O–H groups in total. The summed E-state index contributed by atoms with van der Waals surface area (Å²) >= 11 is 0. The molecule has 1 aliphatic heterocycles. The van der Waals surface area contributed by atoms with E-state index in [1.807, 2.05) is 44.2 Å². The Labute approximate surface area is 194 Å². The van der Waals surface area contributed by atoms with Crippen LogP contribution in [0.25, 0.3) is 11.3 Å². The van der Waals surface area contributed by atoms with Crippen LogP contribution < -0.4 is 20.7 Å². The summed E-state index contributed by atoms with van der Waals surface area (Å²) in [6, 6.07) is 11.9. The molecule has 33 heavy (non-hydrogen) atoms. The zero-order valence-electron chi connectivity index (χ0n) is 19.6. The first kappa shape index (κ1) is 22.5. The highest BCUT2D eigenvalue weighted by atomic mass is 16.5. The summed E-state index contributed by atoms with van der Waals surface area (Å²) in [6.45, 7) is 7.93. The van der Waals surface area contributed by atoms with E-state index in [2.05, 4.69) is 38.2 Å². The average Bonchev–Trinajstić information content (AvgIpc) is 2.79.